The average molecular weight is 410 g/mol. The van der Waals surface area contributed by atoms with Crippen LogP contribution < -0.4 is 15.8 Å². The molecular weight excluding hydrogens is 384 g/mol. The molecule has 158 valence electrons. The second kappa shape index (κ2) is 8.44. The first-order chi connectivity index (χ1) is 14.2. The number of aromatic amines is 1. The smallest absolute Gasteiger partial charge is 0.325 e. The molecule has 1 amide bonds. The fourth-order valence-electron chi connectivity index (χ4n) is 3.02. The maximum atomic E-state index is 12.6. The van der Waals surface area contributed by atoms with Crippen LogP contribution in [0.25, 0.3) is 22.2 Å². The molecule has 8 nitrogen and oxygen atoms in total. The van der Waals surface area contributed by atoms with E-state index in [-0.39, 0.29) is 6.54 Å². The summed E-state index contributed by atoms with van der Waals surface area (Å²) >= 11 is 0. The number of benzene rings is 2. The molecule has 0 unspecified atom stereocenters. The maximum Gasteiger partial charge on any atom is 0.325 e. The van der Waals surface area contributed by atoms with Crippen molar-refractivity contribution in [2.24, 2.45) is 0 Å². The predicted octanol–water partition coefficient (Wildman–Crippen LogP) is 3.28. The highest BCUT2D eigenvalue weighted by molar-refractivity contribution is 6.00. The molecule has 0 radical (unpaired) electrons. The third-order valence-corrected chi connectivity index (χ3v) is 4.15. The number of H-pyrrole nitrogens is 1. The van der Waals surface area contributed by atoms with Gasteiger partial charge in [0.2, 0.25) is 0 Å². The first kappa shape index (κ1) is 21.2. The number of nitrogens with zero attached hydrogens (tertiary/aromatic N) is 1. The van der Waals surface area contributed by atoms with Crippen molar-refractivity contribution in [3.05, 3.63) is 42.0 Å². The van der Waals surface area contributed by atoms with Crippen molar-refractivity contribution in [2.45, 2.75) is 33.3 Å². The van der Waals surface area contributed by atoms with E-state index < -0.39 is 17.5 Å². The normalized spacial score (nSPS) is 11.3. The number of carbonyl (C=O) groups is 2. The van der Waals surface area contributed by atoms with Crippen LogP contribution in [0.3, 0.4) is 0 Å². The van der Waals surface area contributed by atoms with E-state index in [1.807, 2.05) is 25.1 Å². The minimum Gasteiger partial charge on any atom is -0.494 e. The summed E-state index contributed by atoms with van der Waals surface area (Å²) in [5.41, 5.74) is 8.32. The van der Waals surface area contributed by atoms with Crippen molar-refractivity contribution in [3.63, 3.8) is 0 Å². The van der Waals surface area contributed by atoms with Crippen LogP contribution in [0, 0.1) is 0 Å². The minimum absolute atomic E-state index is 0.233. The summed E-state index contributed by atoms with van der Waals surface area (Å²) in [5, 5.41) is 10.8. The topological polar surface area (TPSA) is 119 Å². The minimum atomic E-state index is -0.618. The SMILES string of the molecule is CCOc1ccc2[nH]nc(-c3cc(N)cc(C(=O)NCC(=O)OC(C)(C)C)c3)c2c1. The zero-order chi connectivity index (χ0) is 21.9. The van der Waals surface area contributed by atoms with E-state index in [1.165, 1.54) is 0 Å². The number of fused-ring (bicyclic) bond motifs is 1. The second-order valence-electron chi connectivity index (χ2n) is 7.83. The van der Waals surface area contributed by atoms with Gasteiger partial charge in [-0.3, -0.25) is 14.7 Å². The largest absolute Gasteiger partial charge is 0.494 e. The lowest BCUT2D eigenvalue weighted by Gasteiger charge is -2.19. The molecule has 3 rings (SSSR count). The molecule has 0 bridgehead atoms. The van der Waals surface area contributed by atoms with Crippen LogP contribution in [-0.4, -0.2) is 40.8 Å². The van der Waals surface area contributed by atoms with Crippen molar-refractivity contribution in [1.82, 2.24) is 15.5 Å². The van der Waals surface area contributed by atoms with E-state index in [4.69, 9.17) is 15.2 Å². The molecular formula is C22H26N4O4. The average Bonchev–Trinajstić information content (AvgIpc) is 3.08. The Kier molecular flexibility index (Phi) is 5.96. The van der Waals surface area contributed by atoms with E-state index >= 15 is 0 Å². The number of hydrogen-bond donors (Lipinski definition) is 3. The van der Waals surface area contributed by atoms with E-state index in [0.29, 0.717) is 29.1 Å². The van der Waals surface area contributed by atoms with E-state index in [9.17, 15) is 9.59 Å². The first-order valence-corrected chi connectivity index (χ1v) is 9.68. The van der Waals surface area contributed by atoms with Crippen molar-refractivity contribution in [2.75, 3.05) is 18.9 Å². The van der Waals surface area contributed by atoms with Gasteiger partial charge in [-0.2, -0.15) is 5.10 Å². The summed E-state index contributed by atoms with van der Waals surface area (Å²) in [7, 11) is 0. The van der Waals surface area contributed by atoms with Crippen LogP contribution in [0.2, 0.25) is 0 Å². The number of nitrogens with one attached hydrogen (secondary N) is 2. The number of esters is 1. The summed E-state index contributed by atoms with van der Waals surface area (Å²) in [6.45, 7) is 7.54. The third-order valence-electron chi connectivity index (χ3n) is 4.15. The molecule has 0 saturated carbocycles. The van der Waals surface area contributed by atoms with Gasteiger partial charge in [0.15, 0.2) is 0 Å². The molecule has 0 aliphatic rings. The van der Waals surface area contributed by atoms with Crippen LogP contribution in [0.5, 0.6) is 5.75 Å². The van der Waals surface area contributed by atoms with Gasteiger partial charge in [-0.05, 0) is 64.1 Å². The summed E-state index contributed by atoms with van der Waals surface area (Å²) in [6, 6.07) is 10.6. The van der Waals surface area contributed by atoms with E-state index in [2.05, 4.69) is 15.5 Å². The molecule has 30 heavy (non-hydrogen) atoms. The molecule has 1 heterocycles. The van der Waals surface area contributed by atoms with Crippen molar-refractivity contribution in [3.8, 4) is 17.0 Å². The number of nitrogen functional groups attached to an aromatic ring is 1. The number of amides is 1. The molecule has 0 fully saturated rings. The van der Waals surface area contributed by atoms with Crippen LogP contribution in [-0.2, 0) is 9.53 Å². The standard InChI is InChI=1S/C22H26N4O4/c1-5-29-16-6-7-18-17(11-16)20(26-25-18)13-8-14(10-15(23)9-13)21(28)24-12-19(27)30-22(2,3)4/h6-11H,5,12,23H2,1-4H3,(H,24,28)(H,25,26). The van der Waals surface area contributed by atoms with Gasteiger partial charge in [-0.1, -0.05) is 0 Å². The predicted molar refractivity (Wildman–Crippen MR) is 115 cm³/mol. The zero-order valence-corrected chi connectivity index (χ0v) is 17.5. The Morgan fingerprint density at radius 1 is 1.17 bits per heavy atom. The fourth-order valence-corrected chi connectivity index (χ4v) is 3.02. The molecule has 0 aliphatic carbocycles. The molecule has 3 aromatic rings. The summed E-state index contributed by atoms with van der Waals surface area (Å²) in [5.74, 6) is -0.210. The van der Waals surface area contributed by atoms with Crippen LogP contribution in [0.1, 0.15) is 38.1 Å². The fraction of sp³-hybridized carbons (Fsp3) is 0.318. The highest BCUT2D eigenvalue weighted by atomic mass is 16.6. The van der Waals surface area contributed by atoms with Crippen LogP contribution in [0.15, 0.2) is 36.4 Å². The Hall–Kier alpha value is -3.55. The molecule has 4 N–H and O–H groups in total. The number of aromatic nitrogens is 2. The molecule has 2 aromatic carbocycles. The number of carbonyl (C=O) groups excluding carboxylic acids is 2. The maximum absolute atomic E-state index is 12.6. The summed E-state index contributed by atoms with van der Waals surface area (Å²) < 4.78 is 10.8. The molecule has 1 aromatic heterocycles. The first-order valence-electron chi connectivity index (χ1n) is 9.68. The van der Waals surface area contributed by atoms with Crippen molar-refractivity contribution in [1.29, 1.82) is 0 Å². The highest BCUT2D eigenvalue weighted by Gasteiger charge is 2.18. The van der Waals surface area contributed by atoms with Crippen LogP contribution in [0.4, 0.5) is 5.69 Å². The molecule has 0 aliphatic heterocycles. The monoisotopic (exact) mass is 410 g/mol. The summed E-state index contributed by atoms with van der Waals surface area (Å²) in [4.78, 5) is 24.4. The van der Waals surface area contributed by atoms with E-state index in [0.717, 1.165) is 16.7 Å². The second-order valence-corrected chi connectivity index (χ2v) is 7.83. The quantitative estimate of drug-likeness (QED) is 0.424. The van der Waals surface area contributed by atoms with Gasteiger partial charge in [0.05, 0.1) is 12.1 Å². The lowest BCUT2D eigenvalue weighted by Crippen LogP contribution is -2.34. The molecule has 0 atom stereocenters. The number of nitrogens with two attached hydrogens (primary N) is 1. The van der Waals surface area contributed by atoms with Gasteiger partial charge in [-0.25, -0.2) is 0 Å². The Morgan fingerprint density at radius 2 is 1.93 bits per heavy atom. The Labute approximate surface area is 174 Å². The Balaban J connectivity index is 1.85. The van der Waals surface area contributed by atoms with E-state index in [1.54, 1.807) is 39.0 Å². The number of ether oxygens (including phenoxy) is 2. The third kappa shape index (κ3) is 5.08. The lowest BCUT2D eigenvalue weighted by molar-refractivity contribution is -0.153. The van der Waals surface area contributed by atoms with Gasteiger partial charge in [0.1, 0.15) is 23.6 Å². The van der Waals surface area contributed by atoms with Gasteiger partial charge in [0, 0.05) is 22.2 Å². The number of anilines is 1. The van der Waals surface area contributed by atoms with Crippen molar-refractivity contribution < 1.29 is 19.1 Å². The summed E-state index contributed by atoms with van der Waals surface area (Å²) in [6.07, 6.45) is 0. The van der Waals surface area contributed by atoms with Gasteiger partial charge < -0.3 is 20.5 Å². The molecule has 0 saturated heterocycles. The molecule has 0 spiro atoms. The number of rotatable bonds is 6. The van der Waals surface area contributed by atoms with Crippen LogP contribution >= 0.6 is 0 Å². The lowest BCUT2D eigenvalue weighted by atomic mass is 10.0. The molecule has 8 heteroatoms. The van der Waals surface area contributed by atoms with Crippen molar-refractivity contribution >= 4 is 28.5 Å². The Bertz CT molecular complexity index is 1080. The zero-order valence-electron chi connectivity index (χ0n) is 17.5. The van der Waals surface area contributed by atoms with Gasteiger partial charge in [-0.15, -0.1) is 0 Å². The number of hydrogen-bond acceptors (Lipinski definition) is 6. The highest BCUT2D eigenvalue weighted by Crippen LogP contribution is 2.31. The van der Waals surface area contributed by atoms with Gasteiger partial charge >= 0.3 is 5.97 Å². The van der Waals surface area contributed by atoms with Gasteiger partial charge in [0.25, 0.3) is 5.91 Å². The Morgan fingerprint density at radius 3 is 2.63 bits per heavy atom.